The second kappa shape index (κ2) is 6.13. The van der Waals surface area contributed by atoms with E-state index in [0.717, 1.165) is 45.4 Å². The van der Waals surface area contributed by atoms with E-state index in [2.05, 4.69) is 33.9 Å². The summed E-state index contributed by atoms with van der Waals surface area (Å²) in [5.74, 6) is 0.844. The van der Waals surface area contributed by atoms with Gasteiger partial charge in [0.15, 0.2) is 11.6 Å². The van der Waals surface area contributed by atoms with Crippen LogP contribution in [0.2, 0.25) is 0 Å². The number of rotatable bonds is 3. The maximum atomic E-state index is 14.0. The Morgan fingerprint density at radius 1 is 1.14 bits per heavy atom. The quantitative estimate of drug-likeness (QED) is 0.848. The Bertz CT molecular complexity index is 487. The largest absolute Gasteiger partial charge is 0.354 e. The van der Waals surface area contributed by atoms with Crippen LogP contribution in [-0.4, -0.2) is 61.2 Å². The Balaban J connectivity index is 1.80. The van der Waals surface area contributed by atoms with Gasteiger partial charge in [-0.2, -0.15) is 4.98 Å². The van der Waals surface area contributed by atoms with Gasteiger partial charge in [0.25, 0.3) is 0 Å². The van der Waals surface area contributed by atoms with Crippen molar-refractivity contribution in [2.24, 2.45) is 0 Å². The normalized spacial score (nSPS) is 23.1. The molecule has 1 aromatic rings. The lowest BCUT2D eigenvalue weighted by atomic mass is 10.1. The molecule has 0 N–H and O–H groups in total. The highest BCUT2D eigenvalue weighted by atomic mass is 19.1. The number of hydrogen-bond acceptors (Lipinski definition) is 5. The summed E-state index contributed by atoms with van der Waals surface area (Å²) in [7, 11) is 4.21. The molecule has 6 heteroatoms. The van der Waals surface area contributed by atoms with E-state index in [-0.39, 0.29) is 5.82 Å². The molecule has 116 valence electrons. The number of likely N-dealkylation sites (N-methyl/N-ethyl adjacent to an activating group) is 1. The predicted molar refractivity (Wildman–Crippen MR) is 82.4 cm³/mol. The first-order valence-electron chi connectivity index (χ1n) is 7.84. The van der Waals surface area contributed by atoms with Crippen molar-refractivity contribution < 1.29 is 4.39 Å². The first-order valence-corrected chi connectivity index (χ1v) is 7.84. The first-order chi connectivity index (χ1) is 10.1. The smallest absolute Gasteiger partial charge is 0.227 e. The molecule has 2 aliphatic rings. The maximum absolute atomic E-state index is 14.0. The number of hydrogen-bond donors (Lipinski definition) is 0. The summed E-state index contributed by atoms with van der Waals surface area (Å²) in [4.78, 5) is 15.2. The van der Waals surface area contributed by atoms with Gasteiger partial charge in [-0.25, -0.2) is 9.37 Å². The third-order valence-corrected chi connectivity index (χ3v) is 4.53. The molecule has 3 rings (SSSR count). The summed E-state index contributed by atoms with van der Waals surface area (Å²) < 4.78 is 14.0. The maximum Gasteiger partial charge on any atom is 0.227 e. The highest BCUT2D eigenvalue weighted by Gasteiger charge is 2.25. The molecule has 0 radical (unpaired) electrons. The average Bonchev–Trinajstić information content (AvgIpc) is 3.02. The molecule has 1 aromatic heterocycles. The van der Waals surface area contributed by atoms with Crippen molar-refractivity contribution in [3.05, 3.63) is 12.0 Å². The van der Waals surface area contributed by atoms with Gasteiger partial charge >= 0.3 is 0 Å². The first kappa shape index (κ1) is 14.5. The zero-order valence-corrected chi connectivity index (χ0v) is 12.9. The second-order valence-electron chi connectivity index (χ2n) is 6.24. The molecule has 0 spiro atoms. The summed E-state index contributed by atoms with van der Waals surface area (Å²) in [6, 6.07) is 0.516. The van der Waals surface area contributed by atoms with Gasteiger partial charge in [-0.3, -0.25) is 0 Å². The van der Waals surface area contributed by atoms with Crippen molar-refractivity contribution in [1.29, 1.82) is 0 Å². The topological polar surface area (TPSA) is 35.5 Å². The molecule has 1 unspecified atom stereocenters. The fourth-order valence-corrected chi connectivity index (χ4v) is 3.21. The van der Waals surface area contributed by atoms with E-state index in [0.29, 0.717) is 17.8 Å². The van der Waals surface area contributed by atoms with Crippen LogP contribution in [0.5, 0.6) is 0 Å². The van der Waals surface area contributed by atoms with Crippen molar-refractivity contribution >= 4 is 11.8 Å². The van der Waals surface area contributed by atoms with E-state index in [1.807, 2.05) is 4.90 Å². The number of piperidine rings is 1. The van der Waals surface area contributed by atoms with Crippen LogP contribution in [0.1, 0.15) is 25.7 Å². The van der Waals surface area contributed by atoms with Crippen LogP contribution < -0.4 is 9.80 Å². The Morgan fingerprint density at radius 3 is 2.57 bits per heavy atom. The molecule has 0 aromatic carbocycles. The van der Waals surface area contributed by atoms with Crippen LogP contribution in [0.15, 0.2) is 6.20 Å². The zero-order valence-electron chi connectivity index (χ0n) is 12.9. The molecule has 1 atom stereocenters. The molecule has 2 saturated heterocycles. The second-order valence-corrected chi connectivity index (χ2v) is 6.24. The van der Waals surface area contributed by atoms with Gasteiger partial charge in [0, 0.05) is 32.2 Å². The van der Waals surface area contributed by atoms with Crippen LogP contribution in [-0.2, 0) is 0 Å². The van der Waals surface area contributed by atoms with E-state index in [9.17, 15) is 4.39 Å². The molecule has 5 nitrogen and oxygen atoms in total. The SMILES string of the molecule is CN(C)C1CCCN(c2ncc(F)c(N3CCCC3)n2)C1. The molecular weight excluding hydrogens is 269 g/mol. The summed E-state index contributed by atoms with van der Waals surface area (Å²) >= 11 is 0. The van der Waals surface area contributed by atoms with E-state index >= 15 is 0 Å². The van der Waals surface area contributed by atoms with Crippen molar-refractivity contribution in [2.45, 2.75) is 31.7 Å². The third-order valence-electron chi connectivity index (χ3n) is 4.53. The molecule has 3 heterocycles. The number of nitrogens with zero attached hydrogens (tertiary/aromatic N) is 5. The molecule has 0 amide bonds. The molecule has 0 saturated carbocycles. The number of anilines is 2. The Labute approximate surface area is 125 Å². The minimum Gasteiger partial charge on any atom is -0.354 e. The lowest BCUT2D eigenvalue weighted by Crippen LogP contribution is -2.45. The van der Waals surface area contributed by atoms with Gasteiger partial charge < -0.3 is 14.7 Å². The monoisotopic (exact) mass is 293 g/mol. The van der Waals surface area contributed by atoms with Gasteiger partial charge in [0.1, 0.15) is 0 Å². The van der Waals surface area contributed by atoms with Gasteiger partial charge in [0.05, 0.1) is 6.20 Å². The summed E-state index contributed by atoms with van der Waals surface area (Å²) in [6.07, 6.45) is 5.89. The summed E-state index contributed by atoms with van der Waals surface area (Å²) in [6.45, 7) is 3.66. The van der Waals surface area contributed by atoms with E-state index in [4.69, 9.17) is 0 Å². The Hall–Kier alpha value is -1.43. The summed E-state index contributed by atoms with van der Waals surface area (Å²) in [5, 5.41) is 0. The van der Waals surface area contributed by atoms with Crippen LogP contribution in [0.3, 0.4) is 0 Å². The molecular formula is C15H24FN5. The van der Waals surface area contributed by atoms with Crippen LogP contribution >= 0.6 is 0 Å². The van der Waals surface area contributed by atoms with E-state index in [1.165, 1.54) is 12.6 Å². The lowest BCUT2D eigenvalue weighted by Gasteiger charge is -2.36. The Morgan fingerprint density at radius 2 is 1.86 bits per heavy atom. The van der Waals surface area contributed by atoms with Crippen molar-refractivity contribution in [2.75, 3.05) is 50.1 Å². The van der Waals surface area contributed by atoms with Crippen LogP contribution in [0, 0.1) is 5.82 Å². The van der Waals surface area contributed by atoms with Crippen LogP contribution in [0.25, 0.3) is 0 Å². The van der Waals surface area contributed by atoms with Crippen molar-refractivity contribution in [3.8, 4) is 0 Å². The minimum atomic E-state index is -0.304. The fourth-order valence-electron chi connectivity index (χ4n) is 3.21. The van der Waals surface area contributed by atoms with Gasteiger partial charge in [0.2, 0.25) is 5.95 Å². The van der Waals surface area contributed by atoms with Gasteiger partial charge in [-0.15, -0.1) is 0 Å². The summed E-state index contributed by atoms with van der Waals surface area (Å²) in [5.41, 5.74) is 0. The van der Waals surface area contributed by atoms with Gasteiger partial charge in [-0.1, -0.05) is 0 Å². The molecule has 0 aliphatic carbocycles. The van der Waals surface area contributed by atoms with Crippen LogP contribution in [0.4, 0.5) is 16.2 Å². The number of halogens is 1. The van der Waals surface area contributed by atoms with E-state index in [1.54, 1.807) is 0 Å². The minimum absolute atomic E-state index is 0.304. The van der Waals surface area contributed by atoms with E-state index < -0.39 is 0 Å². The van der Waals surface area contributed by atoms with Gasteiger partial charge in [-0.05, 0) is 39.8 Å². The lowest BCUT2D eigenvalue weighted by molar-refractivity contribution is 0.257. The molecule has 2 fully saturated rings. The highest BCUT2D eigenvalue weighted by molar-refractivity contribution is 5.46. The van der Waals surface area contributed by atoms with Crippen molar-refractivity contribution in [1.82, 2.24) is 14.9 Å². The standard InChI is InChI=1S/C15H24FN5/c1-19(2)12-6-5-9-21(11-12)15-17-10-13(16)14(18-15)20-7-3-4-8-20/h10,12H,3-9,11H2,1-2H3. The Kier molecular flexibility index (Phi) is 4.24. The highest BCUT2D eigenvalue weighted by Crippen LogP contribution is 2.25. The predicted octanol–water partition coefficient (Wildman–Crippen LogP) is 1.75. The third kappa shape index (κ3) is 3.10. The molecule has 0 bridgehead atoms. The fraction of sp³-hybridized carbons (Fsp3) is 0.733. The molecule has 2 aliphatic heterocycles. The van der Waals surface area contributed by atoms with Crippen molar-refractivity contribution in [3.63, 3.8) is 0 Å². The zero-order chi connectivity index (χ0) is 14.8. The number of aromatic nitrogens is 2. The molecule has 21 heavy (non-hydrogen) atoms. The average molecular weight is 293 g/mol.